The number of carbonyl (C=O) groups excluding carboxylic acids is 1. The molecule has 0 aliphatic rings. The van der Waals surface area contributed by atoms with E-state index in [1.165, 1.54) is 6.08 Å². The highest BCUT2D eigenvalue weighted by molar-refractivity contribution is 5.81. The van der Waals surface area contributed by atoms with Crippen molar-refractivity contribution in [1.29, 1.82) is 0 Å². The van der Waals surface area contributed by atoms with Gasteiger partial charge in [-0.15, -0.1) is 0 Å². The molecule has 0 unspecified atom stereocenters. The molecule has 0 radical (unpaired) electrons. The smallest absolute Gasteiger partial charge is 0.330 e. The van der Waals surface area contributed by atoms with Crippen LogP contribution in [0.15, 0.2) is 30.9 Å². The quantitative estimate of drug-likeness (QED) is 0.476. The Morgan fingerprint density at radius 2 is 2.28 bits per heavy atom. The van der Waals surface area contributed by atoms with Gasteiger partial charge in [0, 0.05) is 24.0 Å². The molecule has 1 rings (SSSR count). The Hall–Kier alpha value is -1.97. The van der Waals surface area contributed by atoms with E-state index in [9.17, 15) is 4.79 Å². The van der Waals surface area contributed by atoms with Gasteiger partial charge in [-0.2, -0.15) is 0 Å². The van der Waals surface area contributed by atoms with E-state index in [-0.39, 0.29) is 5.97 Å². The molecule has 0 aliphatic heterocycles. The lowest BCUT2D eigenvalue weighted by Crippen LogP contribution is -2.27. The first-order valence-corrected chi connectivity index (χ1v) is 5.98. The van der Waals surface area contributed by atoms with Crippen molar-refractivity contribution in [3.63, 3.8) is 0 Å². The summed E-state index contributed by atoms with van der Waals surface area (Å²) in [6.45, 7) is 9.23. The van der Waals surface area contributed by atoms with Gasteiger partial charge in [0.25, 0.3) is 0 Å². The molecule has 0 fully saturated rings. The van der Waals surface area contributed by atoms with Crippen molar-refractivity contribution in [1.82, 2.24) is 0 Å². The highest BCUT2D eigenvalue weighted by Gasteiger charge is 2.06. The first-order chi connectivity index (χ1) is 8.58. The zero-order chi connectivity index (χ0) is 13.5. The number of carbonyl (C=O) groups is 1. The fraction of sp³-hybridized carbons (Fsp3) is 0.357. The van der Waals surface area contributed by atoms with Crippen LogP contribution in [-0.4, -0.2) is 25.7 Å². The fourth-order valence-corrected chi connectivity index (χ4v) is 1.64. The van der Waals surface area contributed by atoms with Crippen molar-refractivity contribution < 1.29 is 9.53 Å². The molecule has 0 saturated heterocycles. The first kappa shape index (κ1) is 14.1. The lowest BCUT2D eigenvalue weighted by molar-refractivity contribution is -0.137. The van der Waals surface area contributed by atoms with Gasteiger partial charge in [0.1, 0.15) is 6.61 Å². The van der Waals surface area contributed by atoms with E-state index in [0.717, 1.165) is 23.5 Å². The Balaban J connectivity index is 2.62. The zero-order valence-electron chi connectivity index (χ0n) is 11.0. The number of hydrogen-bond donors (Lipinski definition) is 1. The van der Waals surface area contributed by atoms with E-state index >= 15 is 0 Å². The molecule has 0 aliphatic carbocycles. The molecule has 1 aromatic carbocycles. The van der Waals surface area contributed by atoms with Crippen molar-refractivity contribution in [3.05, 3.63) is 36.4 Å². The monoisotopic (exact) mass is 248 g/mol. The molecule has 2 N–H and O–H groups in total. The molecule has 1 aromatic rings. The number of nitrogen functional groups attached to an aromatic ring is 1. The molecular formula is C14H20N2O2. The van der Waals surface area contributed by atoms with Gasteiger partial charge in [-0.1, -0.05) is 6.58 Å². The minimum Gasteiger partial charge on any atom is -0.461 e. The summed E-state index contributed by atoms with van der Waals surface area (Å²) in [6, 6.07) is 5.90. The summed E-state index contributed by atoms with van der Waals surface area (Å²) in [4.78, 5) is 13.1. The van der Waals surface area contributed by atoms with Crippen molar-refractivity contribution in [3.8, 4) is 0 Å². The summed E-state index contributed by atoms with van der Waals surface area (Å²) in [6.07, 6.45) is 1.17. The van der Waals surface area contributed by atoms with E-state index in [1.54, 1.807) is 0 Å². The van der Waals surface area contributed by atoms with E-state index in [4.69, 9.17) is 10.5 Å². The number of rotatable bonds is 6. The van der Waals surface area contributed by atoms with Gasteiger partial charge in [-0.05, 0) is 37.6 Å². The van der Waals surface area contributed by atoms with Crippen molar-refractivity contribution >= 4 is 17.3 Å². The van der Waals surface area contributed by atoms with E-state index in [0.29, 0.717) is 13.2 Å². The second-order valence-corrected chi connectivity index (χ2v) is 3.99. The molecule has 98 valence electrons. The minimum atomic E-state index is -0.389. The molecule has 0 bridgehead atoms. The summed E-state index contributed by atoms with van der Waals surface area (Å²) in [5.41, 5.74) is 8.71. The van der Waals surface area contributed by atoms with Gasteiger partial charge in [-0.3, -0.25) is 0 Å². The topological polar surface area (TPSA) is 55.6 Å². The summed E-state index contributed by atoms with van der Waals surface area (Å²) >= 11 is 0. The Morgan fingerprint density at radius 1 is 1.56 bits per heavy atom. The van der Waals surface area contributed by atoms with Crippen LogP contribution in [0.25, 0.3) is 0 Å². The number of esters is 1. The van der Waals surface area contributed by atoms with Gasteiger partial charge in [0.15, 0.2) is 0 Å². The standard InChI is InChI=1S/C14H20N2O2/c1-4-14(17)18-9-8-16(5-2)12-6-7-13(15)11(3)10-12/h4,6-7,10H,1,5,8-9,15H2,2-3H3. The number of nitrogens with zero attached hydrogens (tertiary/aromatic N) is 1. The van der Waals surface area contributed by atoms with Gasteiger partial charge < -0.3 is 15.4 Å². The van der Waals surface area contributed by atoms with Crippen molar-refractivity contribution in [2.45, 2.75) is 13.8 Å². The third-order valence-corrected chi connectivity index (χ3v) is 2.77. The van der Waals surface area contributed by atoms with Crippen LogP contribution < -0.4 is 10.6 Å². The maximum atomic E-state index is 10.9. The number of anilines is 2. The molecule has 0 atom stereocenters. The van der Waals surface area contributed by atoms with Crippen LogP contribution in [0.4, 0.5) is 11.4 Å². The molecule has 18 heavy (non-hydrogen) atoms. The molecule has 0 aromatic heterocycles. The second kappa shape index (κ2) is 6.69. The third kappa shape index (κ3) is 3.80. The van der Waals surface area contributed by atoms with Crippen LogP contribution in [0.1, 0.15) is 12.5 Å². The maximum absolute atomic E-state index is 10.9. The largest absolute Gasteiger partial charge is 0.461 e. The Labute approximate surface area is 108 Å². The van der Waals surface area contributed by atoms with Crippen LogP contribution >= 0.6 is 0 Å². The second-order valence-electron chi connectivity index (χ2n) is 3.99. The van der Waals surface area contributed by atoms with Crippen LogP contribution in [0.2, 0.25) is 0 Å². The number of nitrogens with two attached hydrogens (primary N) is 1. The fourth-order valence-electron chi connectivity index (χ4n) is 1.64. The van der Waals surface area contributed by atoms with Crippen LogP contribution in [0, 0.1) is 6.92 Å². The van der Waals surface area contributed by atoms with Crippen LogP contribution in [0.3, 0.4) is 0 Å². The molecule has 0 spiro atoms. The lowest BCUT2D eigenvalue weighted by atomic mass is 10.1. The van der Waals surface area contributed by atoms with Crippen molar-refractivity contribution in [2.24, 2.45) is 0 Å². The Bertz CT molecular complexity index is 430. The van der Waals surface area contributed by atoms with E-state index < -0.39 is 0 Å². The minimum absolute atomic E-state index is 0.349. The van der Waals surface area contributed by atoms with Gasteiger partial charge in [0.2, 0.25) is 0 Å². The normalized spacial score (nSPS) is 9.89. The predicted molar refractivity (Wildman–Crippen MR) is 74.6 cm³/mol. The average Bonchev–Trinajstić information content (AvgIpc) is 2.38. The number of benzene rings is 1. The van der Waals surface area contributed by atoms with Crippen LogP contribution in [-0.2, 0) is 9.53 Å². The Morgan fingerprint density at radius 3 is 2.83 bits per heavy atom. The summed E-state index contributed by atoms with van der Waals surface area (Å²) < 4.78 is 4.98. The van der Waals surface area contributed by atoms with E-state index in [1.807, 2.05) is 25.1 Å². The number of aryl methyl sites for hydroxylation is 1. The average molecular weight is 248 g/mol. The zero-order valence-corrected chi connectivity index (χ0v) is 11.0. The molecule has 4 heteroatoms. The first-order valence-electron chi connectivity index (χ1n) is 5.98. The maximum Gasteiger partial charge on any atom is 0.330 e. The van der Waals surface area contributed by atoms with Gasteiger partial charge in [0.05, 0.1) is 6.54 Å². The molecule has 4 nitrogen and oxygen atoms in total. The molecular weight excluding hydrogens is 228 g/mol. The summed E-state index contributed by atoms with van der Waals surface area (Å²) in [7, 11) is 0. The predicted octanol–water partition coefficient (Wildman–Crippen LogP) is 2.13. The van der Waals surface area contributed by atoms with Gasteiger partial charge in [-0.25, -0.2) is 4.79 Å². The SMILES string of the molecule is C=CC(=O)OCCN(CC)c1ccc(N)c(C)c1. The number of ether oxygens (including phenoxy) is 1. The van der Waals surface area contributed by atoms with E-state index in [2.05, 4.69) is 18.4 Å². The number of hydrogen-bond acceptors (Lipinski definition) is 4. The molecule has 0 amide bonds. The van der Waals surface area contributed by atoms with Crippen LogP contribution in [0.5, 0.6) is 0 Å². The summed E-state index contributed by atoms with van der Waals surface area (Å²) in [5, 5.41) is 0. The molecule has 0 saturated carbocycles. The highest BCUT2D eigenvalue weighted by atomic mass is 16.5. The summed E-state index contributed by atoms with van der Waals surface area (Å²) in [5.74, 6) is -0.389. The lowest BCUT2D eigenvalue weighted by Gasteiger charge is -2.23. The third-order valence-electron chi connectivity index (χ3n) is 2.77. The van der Waals surface area contributed by atoms with Gasteiger partial charge >= 0.3 is 5.97 Å². The van der Waals surface area contributed by atoms with Crippen molar-refractivity contribution in [2.75, 3.05) is 30.3 Å². The Kier molecular flexibility index (Phi) is 5.24. The molecule has 0 heterocycles. The highest BCUT2D eigenvalue weighted by Crippen LogP contribution is 2.20. The number of likely N-dealkylation sites (N-methyl/N-ethyl adjacent to an activating group) is 1.